The third-order valence-electron chi connectivity index (χ3n) is 5.02. The number of rotatable bonds is 4. The van der Waals surface area contributed by atoms with Crippen molar-refractivity contribution in [1.82, 2.24) is 0 Å². The lowest BCUT2D eigenvalue weighted by atomic mass is 9.43. The second kappa shape index (κ2) is 4.84. The van der Waals surface area contributed by atoms with E-state index in [1.165, 1.54) is 0 Å². The molecule has 0 bridgehead atoms. The lowest BCUT2D eigenvalue weighted by Gasteiger charge is -2.54. The molecule has 0 aromatic rings. The molecule has 0 radical (unpaired) electrons. The Kier molecular flexibility index (Phi) is 3.67. The fourth-order valence-electron chi connectivity index (χ4n) is 3.97. The third-order valence-corrected chi connectivity index (χ3v) is 5.02. The topological polar surface area (TPSA) is 51.2 Å². The van der Waals surface area contributed by atoms with Gasteiger partial charge in [0, 0.05) is 12.3 Å². The monoisotopic (exact) mass is 264 g/mol. The van der Waals surface area contributed by atoms with Crippen molar-refractivity contribution in [3.8, 4) is 0 Å². The first kappa shape index (κ1) is 14.4. The van der Waals surface area contributed by atoms with Crippen LogP contribution in [0.4, 0.5) is 0 Å². The van der Waals surface area contributed by atoms with Gasteiger partial charge in [0.2, 0.25) is 0 Å². The van der Waals surface area contributed by atoms with Gasteiger partial charge in [-0.1, -0.05) is 26.2 Å². The van der Waals surface area contributed by atoms with E-state index in [9.17, 15) is 14.4 Å². The van der Waals surface area contributed by atoms with E-state index >= 15 is 0 Å². The molecule has 0 N–H and O–H groups in total. The van der Waals surface area contributed by atoms with E-state index in [1.54, 1.807) is 13.8 Å². The largest absolute Gasteiger partial charge is 0.299 e. The standard InChI is InChI=1S/C16H24O3/c1-4-5-6-8-11-12(17)9-7-10-16(11)13(18)15(2,3)14(16)19/h11H,4-10H2,1-3H3. The molecule has 2 rings (SSSR count). The Morgan fingerprint density at radius 2 is 1.74 bits per heavy atom. The molecule has 1 unspecified atom stereocenters. The summed E-state index contributed by atoms with van der Waals surface area (Å²) >= 11 is 0. The lowest BCUT2D eigenvalue weighted by molar-refractivity contribution is -0.179. The maximum absolute atomic E-state index is 12.5. The number of hydrogen-bond donors (Lipinski definition) is 0. The molecule has 0 aliphatic heterocycles. The van der Waals surface area contributed by atoms with Crippen molar-refractivity contribution in [2.45, 2.75) is 65.7 Å². The maximum Gasteiger partial charge on any atom is 0.160 e. The summed E-state index contributed by atoms with van der Waals surface area (Å²) < 4.78 is 0. The summed E-state index contributed by atoms with van der Waals surface area (Å²) in [6.45, 7) is 5.51. The normalized spacial score (nSPS) is 28.6. The summed E-state index contributed by atoms with van der Waals surface area (Å²) in [4.78, 5) is 37.2. The molecule has 106 valence electrons. The van der Waals surface area contributed by atoms with Crippen molar-refractivity contribution in [3.63, 3.8) is 0 Å². The van der Waals surface area contributed by atoms with Gasteiger partial charge < -0.3 is 0 Å². The van der Waals surface area contributed by atoms with Crippen LogP contribution in [0.1, 0.15) is 65.7 Å². The van der Waals surface area contributed by atoms with Crippen molar-refractivity contribution < 1.29 is 14.4 Å². The summed E-state index contributed by atoms with van der Waals surface area (Å²) in [5, 5.41) is 0. The van der Waals surface area contributed by atoms with Crippen LogP contribution in [-0.4, -0.2) is 17.3 Å². The van der Waals surface area contributed by atoms with Crippen molar-refractivity contribution in [3.05, 3.63) is 0 Å². The molecule has 0 saturated heterocycles. The van der Waals surface area contributed by atoms with Crippen LogP contribution in [0.25, 0.3) is 0 Å². The van der Waals surface area contributed by atoms with E-state index in [1.807, 2.05) is 0 Å². The minimum Gasteiger partial charge on any atom is -0.299 e. The molecule has 1 spiro atoms. The molecule has 3 heteroatoms. The lowest BCUT2D eigenvalue weighted by Crippen LogP contribution is -2.69. The SMILES string of the molecule is CCCCCC1C(=O)CCCC12C(=O)C(C)(C)C2=O. The highest BCUT2D eigenvalue weighted by Gasteiger charge is 2.70. The van der Waals surface area contributed by atoms with Crippen LogP contribution in [0.3, 0.4) is 0 Å². The van der Waals surface area contributed by atoms with E-state index in [4.69, 9.17) is 0 Å². The van der Waals surface area contributed by atoms with Gasteiger partial charge >= 0.3 is 0 Å². The van der Waals surface area contributed by atoms with Gasteiger partial charge in [0.1, 0.15) is 5.78 Å². The highest BCUT2D eigenvalue weighted by molar-refractivity contribution is 6.32. The summed E-state index contributed by atoms with van der Waals surface area (Å²) in [6.07, 6.45) is 5.62. The summed E-state index contributed by atoms with van der Waals surface area (Å²) in [5.41, 5.74) is -1.80. The predicted octanol–water partition coefficient (Wildman–Crippen LogP) is 3.10. The highest BCUT2D eigenvalue weighted by Crippen LogP contribution is 2.57. The molecule has 2 aliphatic carbocycles. The molecule has 0 aromatic carbocycles. The van der Waals surface area contributed by atoms with Gasteiger partial charge in [0.05, 0.1) is 10.8 Å². The summed E-state index contributed by atoms with van der Waals surface area (Å²) in [5.74, 6) is -0.167. The zero-order valence-corrected chi connectivity index (χ0v) is 12.3. The first-order valence-electron chi connectivity index (χ1n) is 7.51. The van der Waals surface area contributed by atoms with Crippen LogP contribution in [-0.2, 0) is 14.4 Å². The third kappa shape index (κ3) is 1.89. The zero-order valence-electron chi connectivity index (χ0n) is 12.3. The number of ketones is 3. The van der Waals surface area contributed by atoms with Crippen molar-refractivity contribution >= 4 is 17.3 Å². The fraction of sp³-hybridized carbons (Fsp3) is 0.812. The first-order chi connectivity index (χ1) is 8.89. The van der Waals surface area contributed by atoms with Crippen LogP contribution in [0.15, 0.2) is 0 Å². The van der Waals surface area contributed by atoms with Crippen LogP contribution in [0, 0.1) is 16.7 Å². The first-order valence-corrected chi connectivity index (χ1v) is 7.51. The Balaban J connectivity index is 2.24. The molecular weight excluding hydrogens is 240 g/mol. The molecule has 3 nitrogen and oxygen atoms in total. The predicted molar refractivity (Wildman–Crippen MR) is 72.7 cm³/mol. The molecule has 1 atom stereocenters. The quantitative estimate of drug-likeness (QED) is 0.579. The Morgan fingerprint density at radius 3 is 2.32 bits per heavy atom. The van der Waals surface area contributed by atoms with Crippen molar-refractivity contribution in [1.29, 1.82) is 0 Å². The average Bonchev–Trinajstić information content (AvgIpc) is 2.39. The second-order valence-electron chi connectivity index (χ2n) is 6.62. The van der Waals surface area contributed by atoms with Crippen molar-refractivity contribution in [2.24, 2.45) is 16.7 Å². The molecule has 2 saturated carbocycles. The van der Waals surface area contributed by atoms with Gasteiger partial charge in [-0.2, -0.15) is 0 Å². The molecular formula is C16H24O3. The number of hydrogen-bond acceptors (Lipinski definition) is 3. The van der Waals surface area contributed by atoms with E-state index in [0.717, 1.165) is 19.3 Å². The Labute approximate surface area is 115 Å². The zero-order chi connectivity index (χ0) is 14.3. The van der Waals surface area contributed by atoms with Gasteiger partial charge in [0.25, 0.3) is 0 Å². The van der Waals surface area contributed by atoms with Gasteiger partial charge in [-0.3, -0.25) is 14.4 Å². The molecule has 0 aromatic heterocycles. The minimum atomic E-state index is -0.938. The fourth-order valence-corrected chi connectivity index (χ4v) is 3.97. The van der Waals surface area contributed by atoms with Crippen LogP contribution >= 0.6 is 0 Å². The van der Waals surface area contributed by atoms with E-state index in [2.05, 4.69) is 6.92 Å². The number of carbonyl (C=O) groups is 3. The van der Waals surface area contributed by atoms with Crippen LogP contribution in [0.2, 0.25) is 0 Å². The van der Waals surface area contributed by atoms with E-state index in [0.29, 0.717) is 25.7 Å². The molecule has 19 heavy (non-hydrogen) atoms. The van der Waals surface area contributed by atoms with Gasteiger partial charge in [0.15, 0.2) is 11.6 Å². The van der Waals surface area contributed by atoms with Crippen molar-refractivity contribution in [2.75, 3.05) is 0 Å². The van der Waals surface area contributed by atoms with E-state index in [-0.39, 0.29) is 23.3 Å². The Bertz CT molecular complexity index is 402. The highest BCUT2D eigenvalue weighted by atomic mass is 16.2. The summed E-state index contributed by atoms with van der Waals surface area (Å²) in [7, 11) is 0. The molecule has 2 fully saturated rings. The number of carbonyl (C=O) groups excluding carboxylic acids is 3. The average molecular weight is 264 g/mol. The summed E-state index contributed by atoms with van der Waals surface area (Å²) in [6, 6.07) is 0. The van der Waals surface area contributed by atoms with Crippen LogP contribution < -0.4 is 0 Å². The smallest absolute Gasteiger partial charge is 0.160 e. The molecule has 0 heterocycles. The second-order valence-corrected chi connectivity index (χ2v) is 6.62. The minimum absolute atomic E-state index is 0.0135. The number of unbranched alkanes of at least 4 members (excludes halogenated alkanes) is 2. The van der Waals surface area contributed by atoms with Gasteiger partial charge in [-0.05, 0) is 33.1 Å². The Hall–Kier alpha value is -0.990. The van der Waals surface area contributed by atoms with Gasteiger partial charge in [-0.25, -0.2) is 0 Å². The maximum atomic E-state index is 12.5. The van der Waals surface area contributed by atoms with Gasteiger partial charge in [-0.15, -0.1) is 0 Å². The number of Topliss-reactive ketones (excluding diaryl/α,β-unsaturated/α-hetero) is 3. The Morgan fingerprint density at radius 1 is 1.11 bits per heavy atom. The molecule has 0 amide bonds. The van der Waals surface area contributed by atoms with Crippen LogP contribution in [0.5, 0.6) is 0 Å². The van der Waals surface area contributed by atoms with E-state index < -0.39 is 10.8 Å². The molecule has 2 aliphatic rings.